The van der Waals surface area contributed by atoms with Gasteiger partial charge in [0, 0.05) is 5.56 Å². The van der Waals surface area contributed by atoms with Crippen LogP contribution >= 0.6 is 0 Å². The Balaban J connectivity index is 1.95. The molecular weight excluding hydrogens is 391 g/mol. The van der Waals surface area contributed by atoms with Gasteiger partial charge in [-0.25, -0.2) is 4.68 Å². The number of hydrogen-bond donors (Lipinski definition) is 1. The first kappa shape index (κ1) is 20.5. The molecule has 1 heterocycles. The van der Waals surface area contributed by atoms with Gasteiger partial charge in [0.05, 0.1) is 19.4 Å². The molecule has 0 unspecified atom stereocenters. The van der Waals surface area contributed by atoms with Gasteiger partial charge >= 0.3 is 12.2 Å². The molecule has 2 aromatic carbocycles. The van der Waals surface area contributed by atoms with Crippen molar-refractivity contribution in [3.63, 3.8) is 0 Å². The Morgan fingerprint density at radius 1 is 0.966 bits per heavy atom. The zero-order chi connectivity index (χ0) is 20.9. The number of ether oxygens (including phenoxy) is 3. The van der Waals surface area contributed by atoms with E-state index in [1.165, 1.54) is 11.8 Å². The van der Waals surface area contributed by atoms with E-state index in [1.54, 1.807) is 48.5 Å². The van der Waals surface area contributed by atoms with E-state index in [-0.39, 0.29) is 13.2 Å². The fourth-order valence-electron chi connectivity index (χ4n) is 2.45. The molecule has 3 aromatic rings. The van der Waals surface area contributed by atoms with Crippen molar-refractivity contribution < 1.29 is 32.5 Å². The second-order valence-electron chi connectivity index (χ2n) is 5.83. The molecule has 154 valence electrons. The molecule has 0 amide bonds. The summed E-state index contributed by atoms with van der Waals surface area (Å²) in [5, 5.41) is 12.9. The third-order valence-corrected chi connectivity index (χ3v) is 3.74. The van der Waals surface area contributed by atoms with Crippen LogP contribution in [-0.2, 0) is 0 Å². The third kappa shape index (κ3) is 5.38. The summed E-state index contributed by atoms with van der Waals surface area (Å²) in [6, 6.07) is 13.1. The first-order valence-corrected chi connectivity index (χ1v) is 8.55. The van der Waals surface area contributed by atoms with Gasteiger partial charge in [-0.15, -0.1) is 5.10 Å². The Bertz CT molecular complexity index is 925. The average Bonchev–Trinajstić information content (AvgIpc) is 3.15. The number of nitrogens with zero attached hydrogens (tertiary/aromatic N) is 3. The summed E-state index contributed by atoms with van der Waals surface area (Å²) in [7, 11) is 1.53. The fourth-order valence-corrected chi connectivity index (χ4v) is 2.45. The summed E-state index contributed by atoms with van der Waals surface area (Å²) >= 11 is 0. The Hall–Kier alpha value is -3.27. The maximum absolute atomic E-state index is 12.5. The van der Waals surface area contributed by atoms with Gasteiger partial charge in [-0.2, -0.15) is 18.2 Å². The number of hydrogen-bond acceptors (Lipinski definition) is 6. The number of aliphatic hydroxyl groups excluding tert-OH is 1. The molecule has 29 heavy (non-hydrogen) atoms. The summed E-state index contributed by atoms with van der Waals surface area (Å²) in [6.45, 7) is -1.46. The number of halogens is 3. The largest absolute Gasteiger partial charge is 0.497 e. The number of methoxy groups -OCH3 is 1. The zero-order valence-corrected chi connectivity index (χ0v) is 15.4. The van der Waals surface area contributed by atoms with Crippen molar-refractivity contribution in [1.29, 1.82) is 0 Å². The monoisotopic (exact) mass is 409 g/mol. The molecule has 7 nitrogen and oxygen atoms in total. The van der Waals surface area contributed by atoms with E-state index in [2.05, 4.69) is 10.1 Å². The normalized spacial score (nSPS) is 11.3. The highest BCUT2D eigenvalue weighted by Crippen LogP contribution is 2.27. The quantitative estimate of drug-likeness (QED) is 0.615. The summed E-state index contributed by atoms with van der Waals surface area (Å²) in [5.41, 5.74) is 1.15. The van der Waals surface area contributed by atoms with Gasteiger partial charge in [-0.3, -0.25) is 0 Å². The van der Waals surface area contributed by atoms with Crippen LogP contribution in [0.4, 0.5) is 13.2 Å². The first-order chi connectivity index (χ1) is 13.9. The van der Waals surface area contributed by atoms with Gasteiger partial charge in [0.1, 0.15) is 18.1 Å². The van der Waals surface area contributed by atoms with Crippen LogP contribution in [0.25, 0.3) is 17.1 Å². The van der Waals surface area contributed by atoms with Crippen LogP contribution in [0, 0.1) is 0 Å². The maximum atomic E-state index is 12.5. The van der Waals surface area contributed by atoms with E-state index in [9.17, 15) is 13.2 Å². The van der Waals surface area contributed by atoms with Crippen LogP contribution < -0.4 is 14.2 Å². The van der Waals surface area contributed by atoms with Crippen molar-refractivity contribution >= 4 is 0 Å². The topological polar surface area (TPSA) is 78.6 Å². The second kappa shape index (κ2) is 8.82. The highest BCUT2D eigenvalue weighted by Gasteiger charge is 2.29. The number of alkyl halides is 3. The van der Waals surface area contributed by atoms with Crippen molar-refractivity contribution in [3.8, 4) is 34.6 Å². The predicted octanol–water partition coefficient (Wildman–Crippen LogP) is 3.26. The second-order valence-corrected chi connectivity index (χ2v) is 5.83. The molecule has 0 aliphatic heterocycles. The Morgan fingerprint density at radius 3 is 2.21 bits per heavy atom. The standard InChI is InChI=1S/C19H18F3N3O4/c1-27-15-8-4-14(5-9-15)25-17(23-18(24-25)29-12-19(20,21)22)13-2-6-16(7-3-13)28-11-10-26/h2-9,26H,10-12H2,1H3. The van der Waals surface area contributed by atoms with Crippen LogP contribution in [0.5, 0.6) is 17.5 Å². The van der Waals surface area contributed by atoms with Gasteiger partial charge in [0.15, 0.2) is 12.4 Å². The smallest absolute Gasteiger partial charge is 0.422 e. The van der Waals surface area contributed by atoms with Crippen LogP contribution in [0.15, 0.2) is 48.5 Å². The van der Waals surface area contributed by atoms with Crippen LogP contribution in [0.1, 0.15) is 0 Å². The van der Waals surface area contributed by atoms with Crippen molar-refractivity contribution in [3.05, 3.63) is 48.5 Å². The first-order valence-electron chi connectivity index (χ1n) is 8.55. The minimum atomic E-state index is -4.50. The lowest BCUT2D eigenvalue weighted by atomic mass is 10.2. The van der Waals surface area contributed by atoms with Gasteiger partial charge in [0.25, 0.3) is 0 Å². The van der Waals surface area contributed by atoms with E-state index >= 15 is 0 Å². The molecule has 3 rings (SSSR count). The molecule has 0 aliphatic rings. The number of benzene rings is 2. The molecule has 10 heteroatoms. The van der Waals surface area contributed by atoms with Crippen molar-refractivity contribution in [2.24, 2.45) is 0 Å². The molecule has 0 radical (unpaired) electrons. The molecule has 0 saturated carbocycles. The van der Waals surface area contributed by atoms with Crippen molar-refractivity contribution in [1.82, 2.24) is 14.8 Å². The number of aliphatic hydroxyl groups is 1. The van der Waals surface area contributed by atoms with E-state index in [1.807, 2.05) is 0 Å². The fraction of sp³-hybridized carbons (Fsp3) is 0.263. The molecule has 0 bridgehead atoms. The molecular formula is C19H18F3N3O4. The van der Waals surface area contributed by atoms with Crippen LogP contribution in [0.3, 0.4) is 0 Å². The molecule has 0 fully saturated rings. The lowest BCUT2D eigenvalue weighted by Gasteiger charge is -2.08. The number of rotatable bonds is 8. The Labute approximate surface area is 164 Å². The molecule has 0 aliphatic carbocycles. The van der Waals surface area contributed by atoms with Gasteiger partial charge < -0.3 is 19.3 Å². The van der Waals surface area contributed by atoms with Crippen LogP contribution in [-0.4, -0.2) is 53.0 Å². The van der Waals surface area contributed by atoms with E-state index in [4.69, 9.17) is 19.3 Å². The molecule has 0 spiro atoms. The summed E-state index contributed by atoms with van der Waals surface area (Å²) in [5.74, 6) is 1.45. The number of aromatic nitrogens is 3. The Kier molecular flexibility index (Phi) is 6.23. The van der Waals surface area contributed by atoms with E-state index in [0.29, 0.717) is 28.6 Å². The maximum Gasteiger partial charge on any atom is 0.422 e. The van der Waals surface area contributed by atoms with Crippen molar-refractivity contribution in [2.75, 3.05) is 26.9 Å². The molecule has 1 aromatic heterocycles. The predicted molar refractivity (Wildman–Crippen MR) is 97.5 cm³/mol. The van der Waals surface area contributed by atoms with E-state index < -0.39 is 18.8 Å². The van der Waals surface area contributed by atoms with Gasteiger partial charge in [0.2, 0.25) is 0 Å². The highest BCUT2D eigenvalue weighted by atomic mass is 19.4. The minimum absolute atomic E-state index is 0.118. The summed E-state index contributed by atoms with van der Waals surface area (Å²) < 4.78 is 54.0. The van der Waals surface area contributed by atoms with Gasteiger partial charge in [-0.05, 0) is 48.5 Å². The Morgan fingerprint density at radius 2 is 1.62 bits per heavy atom. The molecule has 0 atom stereocenters. The van der Waals surface area contributed by atoms with Crippen molar-refractivity contribution in [2.45, 2.75) is 6.18 Å². The summed E-state index contributed by atoms with van der Waals surface area (Å²) in [6.07, 6.45) is -4.50. The zero-order valence-electron chi connectivity index (χ0n) is 15.4. The SMILES string of the molecule is COc1ccc(-n2nc(OCC(F)(F)F)nc2-c2ccc(OCCO)cc2)cc1. The lowest BCUT2D eigenvalue weighted by Crippen LogP contribution is -2.19. The highest BCUT2D eigenvalue weighted by molar-refractivity contribution is 5.59. The molecule has 1 N–H and O–H groups in total. The molecule has 0 saturated heterocycles. The minimum Gasteiger partial charge on any atom is -0.497 e. The van der Waals surface area contributed by atoms with Gasteiger partial charge in [-0.1, -0.05) is 0 Å². The third-order valence-electron chi connectivity index (χ3n) is 3.74. The lowest BCUT2D eigenvalue weighted by molar-refractivity contribution is -0.154. The van der Waals surface area contributed by atoms with E-state index in [0.717, 1.165) is 0 Å². The summed E-state index contributed by atoms with van der Waals surface area (Å²) in [4.78, 5) is 4.11. The average molecular weight is 409 g/mol. The van der Waals surface area contributed by atoms with Crippen LogP contribution in [0.2, 0.25) is 0 Å².